The molecule has 1 aliphatic heterocycles. The number of nitrogens with zero attached hydrogens (tertiary/aromatic N) is 1. The van der Waals surface area contributed by atoms with Crippen molar-refractivity contribution in [1.29, 1.82) is 0 Å². The summed E-state index contributed by atoms with van der Waals surface area (Å²) in [6.07, 6.45) is 0.186. The van der Waals surface area contributed by atoms with Crippen LogP contribution in [-0.4, -0.2) is 36.7 Å². The zero-order valence-electron chi connectivity index (χ0n) is 11.6. The average Bonchev–Trinajstić information content (AvgIpc) is 2.36. The Bertz CT molecular complexity index is 405. The molecule has 3 nitrogen and oxygen atoms in total. The van der Waals surface area contributed by atoms with Crippen molar-refractivity contribution in [2.45, 2.75) is 39.5 Å². The molecule has 2 rings (SSSR count). The van der Waals surface area contributed by atoms with Crippen LogP contribution in [0.2, 0.25) is 0 Å². The first-order valence-electron chi connectivity index (χ1n) is 6.72. The van der Waals surface area contributed by atoms with Crippen molar-refractivity contribution >= 4 is 0 Å². The van der Waals surface area contributed by atoms with E-state index in [-0.39, 0.29) is 6.10 Å². The minimum Gasteiger partial charge on any atom is -0.374 e. The van der Waals surface area contributed by atoms with E-state index in [1.54, 1.807) is 0 Å². The molecule has 1 aromatic carbocycles. The van der Waals surface area contributed by atoms with Gasteiger partial charge < -0.3 is 10.5 Å². The van der Waals surface area contributed by atoms with Gasteiger partial charge in [0.1, 0.15) is 0 Å². The summed E-state index contributed by atoms with van der Waals surface area (Å²) in [6.45, 7) is 9.87. The van der Waals surface area contributed by atoms with Crippen LogP contribution >= 0.6 is 0 Å². The third-order valence-corrected chi connectivity index (χ3v) is 3.78. The van der Waals surface area contributed by atoms with Crippen LogP contribution in [0.4, 0.5) is 0 Å². The Morgan fingerprint density at radius 2 is 2.17 bits per heavy atom. The molecule has 0 saturated carbocycles. The lowest BCUT2D eigenvalue weighted by Crippen LogP contribution is -2.50. The van der Waals surface area contributed by atoms with Crippen LogP contribution in [0.1, 0.15) is 23.6 Å². The van der Waals surface area contributed by atoms with E-state index in [2.05, 4.69) is 43.9 Å². The molecule has 2 unspecified atom stereocenters. The predicted octanol–water partition coefficient (Wildman–Crippen LogP) is 1.85. The van der Waals surface area contributed by atoms with Gasteiger partial charge in [0.15, 0.2) is 0 Å². The van der Waals surface area contributed by atoms with Gasteiger partial charge in [0.05, 0.1) is 12.7 Å². The van der Waals surface area contributed by atoms with Crippen molar-refractivity contribution in [2.24, 2.45) is 5.73 Å². The normalized spacial score (nSPS) is 25.3. The molecule has 1 fully saturated rings. The molecule has 1 aliphatic rings. The highest BCUT2D eigenvalue weighted by molar-refractivity contribution is 5.30. The van der Waals surface area contributed by atoms with Crippen molar-refractivity contribution in [3.8, 4) is 0 Å². The van der Waals surface area contributed by atoms with E-state index >= 15 is 0 Å². The Labute approximate surface area is 110 Å². The topological polar surface area (TPSA) is 38.5 Å². The Balaban J connectivity index is 2.09. The van der Waals surface area contributed by atoms with Gasteiger partial charge in [-0.05, 0) is 31.9 Å². The number of benzene rings is 1. The summed E-state index contributed by atoms with van der Waals surface area (Å²) in [5.74, 6) is 0. The van der Waals surface area contributed by atoms with Crippen LogP contribution in [0, 0.1) is 13.8 Å². The smallest absolute Gasteiger partial charge is 0.0824 e. The Hall–Kier alpha value is -0.900. The highest BCUT2D eigenvalue weighted by Crippen LogP contribution is 2.18. The second-order valence-corrected chi connectivity index (χ2v) is 5.40. The minimum atomic E-state index is 0.186. The number of hydrogen-bond donors (Lipinski definition) is 1. The van der Waals surface area contributed by atoms with Crippen molar-refractivity contribution in [3.63, 3.8) is 0 Å². The maximum atomic E-state index is 5.71. The molecule has 0 spiro atoms. The number of ether oxygens (including phenoxy) is 1. The lowest BCUT2D eigenvalue weighted by Gasteiger charge is -2.38. The van der Waals surface area contributed by atoms with E-state index < -0.39 is 0 Å². The van der Waals surface area contributed by atoms with Crippen molar-refractivity contribution < 1.29 is 4.74 Å². The fraction of sp³-hybridized carbons (Fsp3) is 0.600. The number of nitrogens with two attached hydrogens (primary N) is 1. The third kappa shape index (κ3) is 3.10. The fourth-order valence-corrected chi connectivity index (χ4v) is 2.43. The molecule has 0 bridgehead atoms. The van der Waals surface area contributed by atoms with Crippen LogP contribution in [0.3, 0.4) is 0 Å². The van der Waals surface area contributed by atoms with Gasteiger partial charge in [-0.1, -0.05) is 23.8 Å². The van der Waals surface area contributed by atoms with Crippen molar-refractivity contribution in [3.05, 3.63) is 34.9 Å². The summed E-state index contributed by atoms with van der Waals surface area (Å²) in [7, 11) is 0. The fourth-order valence-electron chi connectivity index (χ4n) is 2.43. The number of hydrogen-bond acceptors (Lipinski definition) is 3. The predicted molar refractivity (Wildman–Crippen MR) is 74.6 cm³/mol. The molecule has 3 heteroatoms. The van der Waals surface area contributed by atoms with Gasteiger partial charge in [0.2, 0.25) is 0 Å². The first-order chi connectivity index (χ1) is 8.60. The molecule has 1 aromatic rings. The van der Waals surface area contributed by atoms with E-state index in [0.29, 0.717) is 12.6 Å². The molecule has 2 N–H and O–H groups in total. The second kappa shape index (κ2) is 5.83. The number of morpholine rings is 1. The summed E-state index contributed by atoms with van der Waals surface area (Å²) in [4.78, 5) is 2.48. The zero-order valence-corrected chi connectivity index (χ0v) is 11.6. The Morgan fingerprint density at radius 3 is 2.89 bits per heavy atom. The first-order valence-corrected chi connectivity index (χ1v) is 6.72. The highest BCUT2D eigenvalue weighted by Gasteiger charge is 2.25. The van der Waals surface area contributed by atoms with Crippen LogP contribution in [0.5, 0.6) is 0 Å². The van der Waals surface area contributed by atoms with E-state index in [4.69, 9.17) is 10.5 Å². The highest BCUT2D eigenvalue weighted by atomic mass is 16.5. The largest absolute Gasteiger partial charge is 0.374 e. The maximum Gasteiger partial charge on any atom is 0.0824 e. The summed E-state index contributed by atoms with van der Waals surface area (Å²) in [5, 5.41) is 0. The minimum absolute atomic E-state index is 0.186. The van der Waals surface area contributed by atoms with Crippen LogP contribution in [-0.2, 0) is 11.3 Å². The van der Waals surface area contributed by atoms with Gasteiger partial charge in [-0.3, -0.25) is 4.90 Å². The maximum absolute atomic E-state index is 5.71. The lowest BCUT2D eigenvalue weighted by atomic mass is 10.0. The van der Waals surface area contributed by atoms with E-state index in [1.807, 2.05) is 0 Å². The molecule has 0 aromatic heterocycles. The zero-order chi connectivity index (χ0) is 13.1. The number of aryl methyl sites for hydroxylation is 2. The lowest BCUT2D eigenvalue weighted by molar-refractivity contribution is -0.0567. The van der Waals surface area contributed by atoms with Crippen LogP contribution < -0.4 is 5.73 Å². The summed E-state index contributed by atoms with van der Waals surface area (Å²) in [6, 6.07) is 7.13. The molecule has 0 aliphatic carbocycles. The third-order valence-electron chi connectivity index (χ3n) is 3.78. The molecule has 100 valence electrons. The summed E-state index contributed by atoms with van der Waals surface area (Å²) < 4.78 is 5.69. The van der Waals surface area contributed by atoms with Gasteiger partial charge in [-0.2, -0.15) is 0 Å². The molecular weight excluding hydrogens is 224 g/mol. The van der Waals surface area contributed by atoms with E-state index in [1.165, 1.54) is 16.7 Å². The van der Waals surface area contributed by atoms with Gasteiger partial charge in [-0.15, -0.1) is 0 Å². The van der Waals surface area contributed by atoms with Crippen molar-refractivity contribution in [1.82, 2.24) is 4.90 Å². The van der Waals surface area contributed by atoms with Crippen LogP contribution in [0.15, 0.2) is 18.2 Å². The molecule has 0 radical (unpaired) electrons. The quantitative estimate of drug-likeness (QED) is 0.887. The Morgan fingerprint density at radius 1 is 1.39 bits per heavy atom. The second-order valence-electron chi connectivity index (χ2n) is 5.40. The van der Waals surface area contributed by atoms with Gasteiger partial charge in [0.25, 0.3) is 0 Å². The average molecular weight is 248 g/mol. The summed E-state index contributed by atoms with van der Waals surface area (Å²) >= 11 is 0. The molecule has 0 amide bonds. The van der Waals surface area contributed by atoms with Crippen molar-refractivity contribution in [2.75, 3.05) is 19.7 Å². The molecule has 1 saturated heterocycles. The molecule has 2 atom stereocenters. The van der Waals surface area contributed by atoms with Crippen LogP contribution in [0.25, 0.3) is 0 Å². The van der Waals surface area contributed by atoms with Gasteiger partial charge in [0, 0.05) is 25.7 Å². The molecule has 18 heavy (non-hydrogen) atoms. The molecule has 1 heterocycles. The first kappa shape index (κ1) is 13.5. The monoisotopic (exact) mass is 248 g/mol. The number of rotatable bonds is 3. The molecular formula is C15H24N2O. The Kier molecular flexibility index (Phi) is 4.38. The summed E-state index contributed by atoms with van der Waals surface area (Å²) in [5.41, 5.74) is 9.81. The van der Waals surface area contributed by atoms with Gasteiger partial charge in [-0.25, -0.2) is 0 Å². The SMILES string of the molecule is Cc1ccc(C)c(CN2CC(CN)OCC2C)c1. The van der Waals surface area contributed by atoms with E-state index in [9.17, 15) is 0 Å². The van der Waals surface area contributed by atoms with E-state index in [0.717, 1.165) is 19.7 Å². The van der Waals surface area contributed by atoms with Gasteiger partial charge >= 0.3 is 0 Å². The standard InChI is InChI=1S/C15H24N2O/c1-11-4-5-12(2)14(6-11)8-17-9-15(7-16)18-10-13(17)3/h4-6,13,15H,7-10,16H2,1-3H3.